The van der Waals surface area contributed by atoms with Crippen LogP contribution >= 0.6 is 23.2 Å². The molecule has 2 aromatic carbocycles. The molecule has 3 rings (SSSR count). The van der Waals surface area contributed by atoms with Crippen LogP contribution in [0.25, 0.3) is 6.08 Å². The maximum atomic E-state index is 12.0. The van der Waals surface area contributed by atoms with Crippen LogP contribution in [0, 0.1) is 5.92 Å². The summed E-state index contributed by atoms with van der Waals surface area (Å²) >= 11 is 12.3. The fourth-order valence-corrected chi connectivity index (χ4v) is 4.27. The predicted molar refractivity (Wildman–Crippen MR) is 111 cm³/mol. The minimum absolute atomic E-state index is 0.114. The fourth-order valence-electron chi connectivity index (χ4n) is 3.95. The molecule has 2 aromatic rings. The molecule has 1 aliphatic carbocycles. The standard InChI is InChI=1S/C22H25Cl2NO/c1-25(2)15-19-7-3-5-17(13-16-9-11-20(23)12-10-16)22(19,26)18-6-4-8-21(24)14-18/h4,6,8-14,19,26H,3,5,7,15H2,1-2H3. The molecule has 1 saturated carbocycles. The van der Waals surface area contributed by atoms with Crippen LogP contribution in [0.3, 0.4) is 0 Å². The summed E-state index contributed by atoms with van der Waals surface area (Å²) in [6, 6.07) is 15.4. The van der Waals surface area contributed by atoms with Crippen molar-refractivity contribution in [2.75, 3.05) is 20.6 Å². The highest BCUT2D eigenvalue weighted by Crippen LogP contribution is 2.46. The lowest BCUT2D eigenvalue weighted by Crippen LogP contribution is -2.44. The zero-order valence-corrected chi connectivity index (χ0v) is 16.8. The molecule has 4 heteroatoms. The minimum atomic E-state index is -1.02. The lowest BCUT2D eigenvalue weighted by Gasteiger charge is -2.44. The van der Waals surface area contributed by atoms with Crippen molar-refractivity contribution in [2.45, 2.75) is 24.9 Å². The third-order valence-electron chi connectivity index (χ3n) is 5.14. The topological polar surface area (TPSA) is 23.5 Å². The van der Waals surface area contributed by atoms with Gasteiger partial charge in [-0.3, -0.25) is 0 Å². The third-order valence-corrected chi connectivity index (χ3v) is 5.63. The van der Waals surface area contributed by atoms with Crippen molar-refractivity contribution in [3.63, 3.8) is 0 Å². The van der Waals surface area contributed by atoms with Crippen LogP contribution in [0.1, 0.15) is 30.4 Å². The summed E-state index contributed by atoms with van der Waals surface area (Å²) in [7, 11) is 4.10. The Bertz CT molecular complexity index is 785. The number of hydrogen-bond donors (Lipinski definition) is 1. The second-order valence-corrected chi connectivity index (χ2v) is 8.22. The van der Waals surface area contributed by atoms with Gasteiger partial charge in [0.25, 0.3) is 0 Å². The summed E-state index contributed by atoms with van der Waals surface area (Å²) in [5.74, 6) is 0.114. The smallest absolute Gasteiger partial charge is 0.115 e. The predicted octanol–water partition coefficient (Wildman–Crippen LogP) is 5.63. The Kier molecular flexibility index (Phi) is 6.09. The molecule has 0 saturated heterocycles. The summed E-state index contributed by atoms with van der Waals surface area (Å²) in [6.07, 6.45) is 5.04. The van der Waals surface area contributed by atoms with E-state index in [1.807, 2.05) is 48.5 Å². The molecule has 0 aliphatic heterocycles. The maximum Gasteiger partial charge on any atom is 0.115 e. The van der Waals surface area contributed by atoms with Gasteiger partial charge in [-0.15, -0.1) is 0 Å². The van der Waals surface area contributed by atoms with Gasteiger partial charge in [-0.25, -0.2) is 0 Å². The SMILES string of the molecule is CN(C)CC1CCCC(=Cc2ccc(Cl)cc2)C1(O)c1cccc(Cl)c1. The van der Waals surface area contributed by atoms with Crippen LogP contribution in [0.5, 0.6) is 0 Å². The Morgan fingerprint density at radius 2 is 1.85 bits per heavy atom. The lowest BCUT2D eigenvalue weighted by molar-refractivity contribution is -0.0174. The third kappa shape index (κ3) is 4.15. The Hall–Kier alpha value is -1.32. The zero-order valence-electron chi connectivity index (χ0n) is 15.3. The van der Waals surface area contributed by atoms with Gasteiger partial charge < -0.3 is 10.0 Å². The first-order valence-corrected chi connectivity index (χ1v) is 9.75. The number of nitrogens with zero attached hydrogens (tertiary/aromatic N) is 1. The van der Waals surface area contributed by atoms with Gasteiger partial charge in [-0.1, -0.05) is 53.5 Å². The molecule has 1 fully saturated rings. The van der Waals surface area contributed by atoms with Gasteiger partial charge in [0.05, 0.1) is 0 Å². The van der Waals surface area contributed by atoms with Crippen molar-refractivity contribution in [3.05, 3.63) is 75.3 Å². The minimum Gasteiger partial charge on any atom is -0.380 e. The molecule has 0 spiro atoms. The molecule has 0 bridgehead atoms. The highest BCUT2D eigenvalue weighted by atomic mass is 35.5. The number of halogens is 2. The molecule has 2 nitrogen and oxygen atoms in total. The van der Waals surface area contributed by atoms with Crippen LogP contribution in [-0.2, 0) is 5.60 Å². The first-order valence-electron chi connectivity index (χ1n) is 8.99. The van der Waals surface area contributed by atoms with Gasteiger partial charge in [0.15, 0.2) is 0 Å². The van der Waals surface area contributed by atoms with E-state index in [-0.39, 0.29) is 5.92 Å². The second-order valence-electron chi connectivity index (χ2n) is 7.35. The molecule has 0 heterocycles. The van der Waals surface area contributed by atoms with Crippen LogP contribution in [0.2, 0.25) is 10.0 Å². The van der Waals surface area contributed by atoms with Crippen LogP contribution < -0.4 is 0 Å². The molecule has 2 atom stereocenters. The maximum absolute atomic E-state index is 12.0. The zero-order chi connectivity index (χ0) is 18.7. The van der Waals surface area contributed by atoms with Gasteiger partial charge in [-0.05, 0) is 74.3 Å². The monoisotopic (exact) mass is 389 g/mol. The summed E-state index contributed by atoms with van der Waals surface area (Å²) in [6.45, 7) is 0.820. The van der Waals surface area contributed by atoms with Crippen molar-refractivity contribution >= 4 is 29.3 Å². The number of benzene rings is 2. The highest BCUT2D eigenvalue weighted by molar-refractivity contribution is 6.30. The molecule has 138 valence electrons. The quantitative estimate of drug-likeness (QED) is 0.732. The molecule has 0 amide bonds. The highest BCUT2D eigenvalue weighted by Gasteiger charge is 2.44. The van der Waals surface area contributed by atoms with Crippen molar-refractivity contribution in [2.24, 2.45) is 5.92 Å². The van der Waals surface area contributed by atoms with Gasteiger partial charge in [0, 0.05) is 22.5 Å². The molecule has 0 aromatic heterocycles. The molecule has 26 heavy (non-hydrogen) atoms. The fraction of sp³-hybridized carbons (Fsp3) is 0.364. The van der Waals surface area contributed by atoms with Gasteiger partial charge in [0.1, 0.15) is 5.60 Å². The lowest BCUT2D eigenvalue weighted by atomic mass is 9.67. The van der Waals surface area contributed by atoms with E-state index in [4.69, 9.17) is 23.2 Å². The average molecular weight is 390 g/mol. The van der Waals surface area contributed by atoms with Crippen LogP contribution in [-0.4, -0.2) is 30.6 Å². The van der Waals surface area contributed by atoms with Crippen molar-refractivity contribution < 1.29 is 5.11 Å². The molecule has 0 radical (unpaired) electrons. The molecule has 2 unspecified atom stereocenters. The Morgan fingerprint density at radius 3 is 2.50 bits per heavy atom. The Labute approximate surface area is 166 Å². The summed E-state index contributed by atoms with van der Waals surface area (Å²) in [5.41, 5.74) is 1.94. The van der Waals surface area contributed by atoms with E-state index in [0.29, 0.717) is 10.0 Å². The Morgan fingerprint density at radius 1 is 1.12 bits per heavy atom. The largest absolute Gasteiger partial charge is 0.380 e. The summed E-state index contributed by atoms with van der Waals surface area (Å²) in [4.78, 5) is 2.14. The number of aliphatic hydroxyl groups is 1. The number of hydrogen-bond acceptors (Lipinski definition) is 2. The van der Waals surface area contributed by atoms with Gasteiger partial charge in [0.2, 0.25) is 0 Å². The van der Waals surface area contributed by atoms with Crippen LogP contribution in [0.15, 0.2) is 54.1 Å². The summed E-state index contributed by atoms with van der Waals surface area (Å²) < 4.78 is 0. The van der Waals surface area contributed by atoms with E-state index in [9.17, 15) is 5.11 Å². The van der Waals surface area contributed by atoms with E-state index in [1.165, 1.54) is 0 Å². The molecular formula is C22H25Cl2NO. The van der Waals surface area contributed by atoms with E-state index in [1.54, 1.807) is 0 Å². The van der Waals surface area contributed by atoms with Gasteiger partial charge in [-0.2, -0.15) is 0 Å². The van der Waals surface area contributed by atoms with E-state index < -0.39 is 5.60 Å². The average Bonchev–Trinajstić information content (AvgIpc) is 2.60. The van der Waals surface area contributed by atoms with Crippen molar-refractivity contribution in [1.29, 1.82) is 0 Å². The normalized spacial score (nSPS) is 25.0. The Balaban J connectivity index is 2.09. The second kappa shape index (κ2) is 8.14. The van der Waals surface area contributed by atoms with E-state index >= 15 is 0 Å². The first-order chi connectivity index (χ1) is 12.4. The number of rotatable bonds is 4. The van der Waals surface area contributed by atoms with Crippen molar-refractivity contribution in [3.8, 4) is 0 Å². The molecule has 1 N–H and O–H groups in total. The first kappa shape index (κ1) is 19.4. The van der Waals surface area contributed by atoms with Gasteiger partial charge >= 0.3 is 0 Å². The van der Waals surface area contributed by atoms with Crippen molar-refractivity contribution in [1.82, 2.24) is 4.90 Å². The molecular weight excluding hydrogens is 365 g/mol. The van der Waals surface area contributed by atoms with E-state index in [2.05, 4.69) is 25.1 Å². The van der Waals surface area contributed by atoms with Crippen LogP contribution in [0.4, 0.5) is 0 Å². The summed E-state index contributed by atoms with van der Waals surface area (Å²) in [5, 5.41) is 13.3. The van der Waals surface area contributed by atoms with E-state index in [0.717, 1.165) is 42.5 Å². The molecule has 1 aliphatic rings.